The number of nitrogens with one attached hydrogen (secondary N) is 1. The van der Waals surface area contributed by atoms with E-state index in [1.807, 2.05) is 0 Å². The summed E-state index contributed by atoms with van der Waals surface area (Å²) < 4.78 is 5.10. The number of thiophene rings is 1. The quantitative estimate of drug-likeness (QED) is 0.670. The van der Waals surface area contributed by atoms with Crippen LogP contribution in [0.4, 0.5) is 11.4 Å². The Morgan fingerprint density at radius 2 is 2.10 bits per heavy atom. The molecule has 1 aromatic carbocycles. The van der Waals surface area contributed by atoms with Crippen LogP contribution in [0.2, 0.25) is 0 Å². The molecule has 0 unspecified atom stereocenters. The number of methoxy groups -OCH3 is 1. The minimum Gasteiger partial charge on any atom is -0.497 e. The van der Waals surface area contributed by atoms with Crippen LogP contribution < -0.4 is 10.1 Å². The molecule has 0 atom stereocenters. The summed E-state index contributed by atoms with van der Waals surface area (Å²) in [5.41, 5.74) is 1.76. The van der Waals surface area contributed by atoms with Crippen LogP contribution in [0.15, 0.2) is 24.3 Å². The Morgan fingerprint density at radius 3 is 2.65 bits per heavy atom. The van der Waals surface area contributed by atoms with E-state index in [0.29, 0.717) is 18.0 Å². The molecule has 6 heteroatoms. The fourth-order valence-electron chi connectivity index (χ4n) is 1.86. The van der Waals surface area contributed by atoms with Gasteiger partial charge in [-0.1, -0.05) is 0 Å². The zero-order valence-corrected chi connectivity index (χ0v) is 12.4. The molecule has 1 heterocycles. The molecule has 0 bridgehead atoms. The number of anilines is 1. The summed E-state index contributed by atoms with van der Waals surface area (Å²) in [5, 5.41) is 14.1. The first-order valence-electron chi connectivity index (χ1n) is 6.13. The van der Waals surface area contributed by atoms with Gasteiger partial charge in [0.1, 0.15) is 11.4 Å². The zero-order chi connectivity index (χ0) is 14.7. The first kappa shape index (κ1) is 14.3. The van der Waals surface area contributed by atoms with Gasteiger partial charge in [0, 0.05) is 28.4 Å². The predicted molar refractivity (Wildman–Crippen MR) is 80.8 cm³/mol. The summed E-state index contributed by atoms with van der Waals surface area (Å²) in [4.78, 5) is 13.0. The summed E-state index contributed by atoms with van der Waals surface area (Å²) in [5.74, 6) is 0.594. The lowest BCUT2D eigenvalue weighted by atomic mass is 10.2. The third-order valence-corrected chi connectivity index (χ3v) is 4.22. The molecule has 0 radical (unpaired) electrons. The second-order valence-electron chi connectivity index (χ2n) is 4.45. The fraction of sp³-hybridized carbons (Fsp3) is 0.286. The summed E-state index contributed by atoms with van der Waals surface area (Å²) in [6.45, 7) is 4.69. The van der Waals surface area contributed by atoms with Gasteiger partial charge in [-0.25, -0.2) is 0 Å². The van der Waals surface area contributed by atoms with Crippen molar-refractivity contribution < 1.29 is 9.66 Å². The lowest BCUT2D eigenvalue weighted by Gasteiger charge is -2.07. The minimum absolute atomic E-state index is 0.0517. The smallest absolute Gasteiger partial charge is 0.292 e. The predicted octanol–water partition coefficient (Wildman–Crippen LogP) is 3.89. The average Bonchev–Trinajstić information content (AvgIpc) is 2.75. The van der Waals surface area contributed by atoms with E-state index in [2.05, 4.69) is 25.2 Å². The third kappa shape index (κ3) is 3.08. The van der Waals surface area contributed by atoms with Gasteiger partial charge in [0.15, 0.2) is 0 Å². The number of benzene rings is 1. The van der Waals surface area contributed by atoms with Crippen molar-refractivity contribution in [3.05, 3.63) is 49.7 Å². The van der Waals surface area contributed by atoms with Crippen molar-refractivity contribution >= 4 is 22.7 Å². The Bertz CT molecular complexity index is 618. The maximum absolute atomic E-state index is 11.0. The highest BCUT2D eigenvalue weighted by Gasteiger charge is 2.14. The van der Waals surface area contributed by atoms with Gasteiger partial charge in [-0.2, -0.15) is 0 Å². The van der Waals surface area contributed by atoms with Crippen LogP contribution in [0.1, 0.15) is 15.3 Å². The standard InChI is InChI=1S/C14H16N2O3S/c1-9-6-12(20-10(9)2)8-15-13-7-11(19-3)4-5-14(13)16(17)18/h4-7,15H,8H2,1-3H3. The Morgan fingerprint density at radius 1 is 1.35 bits per heavy atom. The van der Waals surface area contributed by atoms with E-state index in [0.717, 1.165) is 4.88 Å². The molecule has 1 aromatic heterocycles. The molecular formula is C14H16N2O3S. The number of nitro benzene ring substituents is 1. The molecule has 2 aromatic rings. The number of nitro groups is 1. The van der Waals surface area contributed by atoms with E-state index in [4.69, 9.17) is 4.74 Å². The van der Waals surface area contributed by atoms with Gasteiger partial charge in [0.25, 0.3) is 5.69 Å². The highest BCUT2D eigenvalue weighted by atomic mass is 32.1. The van der Waals surface area contributed by atoms with E-state index in [1.54, 1.807) is 23.5 Å². The molecule has 106 valence electrons. The normalized spacial score (nSPS) is 10.3. The van der Waals surface area contributed by atoms with Gasteiger partial charge in [0.2, 0.25) is 0 Å². The molecule has 0 aliphatic rings. The van der Waals surface area contributed by atoms with Crippen LogP contribution in [0.3, 0.4) is 0 Å². The Kier molecular flexibility index (Phi) is 4.24. The maximum atomic E-state index is 11.0. The molecular weight excluding hydrogens is 276 g/mol. The van der Waals surface area contributed by atoms with Crippen LogP contribution >= 0.6 is 11.3 Å². The first-order chi connectivity index (χ1) is 9.51. The highest BCUT2D eigenvalue weighted by molar-refractivity contribution is 7.12. The molecule has 5 nitrogen and oxygen atoms in total. The zero-order valence-electron chi connectivity index (χ0n) is 11.6. The topological polar surface area (TPSA) is 64.4 Å². The van der Waals surface area contributed by atoms with Crippen molar-refractivity contribution in [3.8, 4) is 5.75 Å². The van der Waals surface area contributed by atoms with Crippen molar-refractivity contribution in [1.29, 1.82) is 0 Å². The minimum atomic E-state index is -0.396. The summed E-state index contributed by atoms with van der Waals surface area (Å²) in [6, 6.07) is 6.78. The highest BCUT2D eigenvalue weighted by Crippen LogP contribution is 2.30. The number of hydrogen-bond donors (Lipinski definition) is 1. The van der Waals surface area contributed by atoms with E-state index in [-0.39, 0.29) is 5.69 Å². The van der Waals surface area contributed by atoms with E-state index in [9.17, 15) is 10.1 Å². The van der Waals surface area contributed by atoms with Crippen LogP contribution in [0, 0.1) is 24.0 Å². The molecule has 0 spiro atoms. The molecule has 20 heavy (non-hydrogen) atoms. The van der Waals surface area contributed by atoms with Gasteiger partial charge >= 0.3 is 0 Å². The Hall–Kier alpha value is -2.08. The lowest BCUT2D eigenvalue weighted by Crippen LogP contribution is -2.02. The number of rotatable bonds is 5. The second kappa shape index (κ2) is 5.92. The van der Waals surface area contributed by atoms with Crippen molar-refractivity contribution in [2.75, 3.05) is 12.4 Å². The number of aryl methyl sites for hydroxylation is 2. The van der Waals surface area contributed by atoms with Crippen LogP contribution in [0.5, 0.6) is 5.75 Å². The van der Waals surface area contributed by atoms with Gasteiger partial charge in [-0.3, -0.25) is 10.1 Å². The molecule has 0 saturated heterocycles. The first-order valence-corrected chi connectivity index (χ1v) is 6.95. The van der Waals surface area contributed by atoms with Crippen molar-refractivity contribution in [2.24, 2.45) is 0 Å². The molecule has 0 aliphatic heterocycles. The van der Waals surface area contributed by atoms with Gasteiger partial charge in [0.05, 0.1) is 12.0 Å². The van der Waals surface area contributed by atoms with Crippen LogP contribution in [0.25, 0.3) is 0 Å². The lowest BCUT2D eigenvalue weighted by molar-refractivity contribution is -0.384. The number of nitrogens with zero attached hydrogens (tertiary/aromatic N) is 1. The third-order valence-electron chi connectivity index (χ3n) is 3.07. The summed E-state index contributed by atoms with van der Waals surface area (Å²) in [7, 11) is 1.54. The monoisotopic (exact) mass is 292 g/mol. The van der Waals surface area contributed by atoms with Gasteiger partial charge in [-0.15, -0.1) is 11.3 Å². The molecule has 2 rings (SSSR count). The van der Waals surface area contributed by atoms with E-state index in [1.165, 1.54) is 23.6 Å². The number of hydrogen-bond acceptors (Lipinski definition) is 5. The molecule has 0 amide bonds. The summed E-state index contributed by atoms with van der Waals surface area (Å²) >= 11 is 1.69. The Labute approximate surface area is 121 Å². The molecule has 1 N–H and O–H groups in total. The van der Waals surface area contributed by atoms with Crippen LogP contribution in [-0.2, 0) is 6.54 Å². The van der Waals surface area contributed by atoms with Gasteiger partial charge < -0.3 is 10.1 Å². The molecule has 0 fully saturated rings. The fourth-order valence-corrected chi connectivity index (χ4v) is 2.86. The second-order valence-corrected chi connectivity index (χ2v) is 5.79. The molecule has 0 saturated carbocycles. The van der Waals surface area contributed by atoms with Crippen molar-refractivity contribution in [3.63, 3.8) is 0 Å². The summed E-state index contributed by atoms with van der Waals surface area (Å²) in [6.07, 6.45) is 0. The largest absolute Gasteiger partial charge is 0.497 e. The SMILES string of the molecule is COc1ccc([N+](=O)[O-])c(NCc2cc(C)c(C)s2)c1. The van der Waals surface area contributed by atoms with Crippen molar-refractivity contribution in [1.82, 2.24) is 0 Å². The maximum Gasteiger partial charge on any atom is 0.292 e. The van der Waals surface area contributed by atoms with E-state index >= 15 is 0 Å². The van der Waals surface area contributed by atoms with Crippen LogP contribution in [-0.4, -0.2) is 12.0 Å². The Balaban J connectivity index is 2.20. The number of ether oxygens (including phenoxy) is 1. The molecule has 0 aliphatic carbocycles. The van der Waals surface area contributed by atoms with Gasteiger partial charge in [-0.05, 0) is 31.5 Å². The van der Waals surface area contributed by atoms with E-state index < -0.39 is 4.92 Å². The van der Waals surface area contributed by atoms with Crippen molar-refractivity contribution in [2.45, 2.75) is 20.4 Å². The average molecular weight is 292 g/mol.